The molecular weight excluding hydrogens is 259 g/mol. The number of epoxide rings is 1. The van der Waals surface area contributed by atoms with Crippen LogP contribution in [-0.2, 0) is 10.5 Å². The van der Waals surface area contributed by atoms with Crippen LogP contribution in [0.2, 0.25) is 10.0 Å². The first-order chi connectivity index (χ1) is 8.14. The van der Waals surface area contributed by atoms with Gasteiger partial charge in [-0.25, -0.2) is 4.98 Å². The predicted octanol–water partition coefficient (Wildman–Crippen LogP) is 3.31. The highest BCUT2D eigenvalue weighted by Crippen LogP contribution is 2.49. The number of ether oxygens (including phenoxy) is 1. The highest BCUT2D eigenvalue weighted by atomic mass is 35.5. The Bertz CT molecular complexity index is 556. The van der Waals surface area contributed by atoms with Gasteiger partial charge in [0.25, 0.3) is 0 Å². The quantitative estimate of drug-likeness (QED) is 0.783. The molecule has 0 radical (unpaired) electrons. The summed E-state index contributed by atoms with van der Waals surface area (Å²) in [5.74, 6) is 0. The van der Waals surface area contributed by atoms with Crippen molar-refractivity contribution >= 4 is 23.2 Å². The van der Waals surface area contributed by atoms with E-state index in [0.717, 1.165) is 5.56 Å². The molecule has 2 heterocycles. The van der Waals surface area contributed by atoms with E-state index in [1.165, 1.54) is 0 Å². The molecule has 2 atom stereocenters. The van der Waals surface area contributed by atoms with Crippen molar-refractivity contribution in [3.63, 3.8) is 0 Å². The molecule has 0 amide bonds. The standard InChI is InChI=1S/C12H10Cl2N2O/c1-8-12(17-8,16-5-4-15-7-16)10-3-2-9(13)6-11(10)14/h2-8H,1H3. The van der Waals surface area contributed by atoms with Gasteiger partial charge in [0.15, 0.2) is 5.72 Å². The zero-order valence-corrected chi connectivity index (χ0v) is 10.6. The fourth-order valence-corrected chi connectivity index (χ4v) is 2.71. The molecule has 2 aromatic rings. The summed E-state index contributed by atoms with van der Waals surface area (Å²) in [6, 6.07) is 5.44. The van der Waals surface area contributed by atoms with Gasteiger partial charge in [0.1, 0.15) is 6.10 Å². The van der Waals surface area contributed by atoms with Crippen LogP contribution in [0.25, 0.3) is 0 Å². The summed E-state index contributed by atoms with van der Waals surface area (Å²) < 4.78 is 7.67. The van der Waals surface area contributed by atoms with E-state index >= 15 is 0 Å². The van der Waals surface area contributed by atoms with E-state index in [0.29, 0.717) is 10.0 Å². The highest BCUT2D eigenvalue weighted by molar-refractivity contribution is 6.35. The Kier molecular flexibility index (Phi) is 2.43. The lowest BCUT2D eigenvalue weighted by Gasteiger charge is -2.16. The van der Waals surface area contributed by atoms with Crippen molar-refractivity contribution in [3.05, 3.63) is 52.5 Å². The minimum absolute atomic E-state index is 0.0652. The lowest BCUT2D eigenvalue weighted by atomic mass is 10.0. The lowest BCUT2D eigenvalue weighted by Crippen LogP contribution is -2.21. The van der Waals surface area contributed by atoms with Crippen LogP contribution in [0.5, 0.6) is 0 Å². The zero-order chi connectivity index (χ0) is 12.0. The van der Waals surface area contributed by atoms with Crippen LogP contribution in [0.15, 0.2) is 36.9 Å². The Morgan fingerprint density at radius 3 is 2.71 bits per heavy atom. The Hall–Kier alpha value is -1.03. The number of rotatable bonds is 2. The third-order valence-corrected chi connectivity index (χ3v) is 3.60. The van der Waals surface area contributed by atoms with Crippen LogP contribution < -0.4 is 0 Å². The number of imidazole rings is 1. The Balaban J connectivity index is 2.14. The first kappa shape index (κ1) is 11.1. The second kappa shape index (κ2) is 3.73. The van der Waals surface area contributed by atoms with Gasteiger partial charge in [0.2, 0.25) is 0 Å². The average Bonchev–Trinajstić information content (AvgIpc) is 2.77. The first-order valence-electron chi connectivity index (χ1n) is 5.26. The van der Waals surface area contributed by atoms with E-state index in [9.17, 15) is 0 Å². The van der Waals surface area contributed by atoms with E-state index in [1.807, 2.05) is 29.8 Å². The van der Waals surface area contributed by atoms with E-state index in [-0.39, 0.29) is 6.10 Å². The molecule has 1 saturated heterocycles. The van der Waals surface area contributed by atoms with Gasteiger partial charge in [0.05, 0.1) is 11.3 Å². The molecule has 1 aromatic carbocycles. The molecule has 0 spiro atoms. The van der Waals surface area contributed by atoms with Gasteiger partial charge in [-0.1, -0.05) is 29.3 Å². The molecule has 2 unspecified atom stereocenters. The Morgan fingerprint density at radius 1 is 1.41 bits per heavy atom. The number of benzene rings is 1. The second-order valence-electron chi connectivity index (χ2n) is 4.05. The van der Waals surface area contributed by atoms with E-state index in [1.54, 1.807) is 18.6 Å². The topological polar surface area (TPSA) is 30.4 Å². The van der Waals surface area contributed by atoms with Gasteiger partial charge in [-0.15, -0.1) is 0 Å². The fourth-order valence-electron chi connectivity index (χ4n) is 2.16. The van der Waals surface area contributed by atoms with Gasteiger partial charge in [-0.2, -0.15) is 0 Å². The van der Waals surface area contributed by atoms with Crippen molar-refractivity contribution in [2.24, 2.45) is 0 Å². The molecule has 0 aliphatic carbocycles. The van der Waals surface area contributed by atoms with Crippen molar-refractivity contribution < 1.29 is 4.74 Å². The number of aromatic nitrogens is 2. The first-order valence-corrected chi connectivity index (χ1v) is 6.02. The summed E-state index contributed by atoms with van der Waals surface area (Å²) in [5.41, 5.74) is 0.382. The summed E-state index contributed by atoms with van der Waals surface area (Å²) >= 11 is 12.1. The molecule has 5 heteroatoms. The van der Waals surface area contributed by atoms with Crippen molar-refractivity contribution in [2.45, 2.75) is 18.8 Å². The van der Waals surface area contributed by atoms with Gasteiger partial charge in [-0.05, 0) is 19.1 Å². The van der Waals surface area contributed by atoms with Crippen LogP contribution in [-0.4, -0.2) is 15.7 Å². The smallest absolute Gasteiger partial charge is 0.200 e. The van der Waals surface area contributed by atoms with Crippen molar-refractivity contribution in [3.8, 4) is 0 Å². The minimum atomic E-state index is -0.530. The zero-order valence-electron chi connectivity index (χ0n) is 9.10. The third-order valence-electron chi connectivity index (χ3n) is 3.06. The molecule has 1 fully saturated rings. The van der Waals surface area contributed by atoms with Gasteiger partial charge in [0, 0.05) is 23.0 Å². The van der Waals surface area contributed by atoms with Crippen molar-refractivity contribution in [1.82, 2.24) is 9.55 Å². The molecular formula is C12H10Cl2N2O. The van der Waals surface area contributed by atoms with Crippen LogP contribution in [0.1, 0.15) is 12.5 Å². The van der Waals surface area contributed by atoms with E-state index in [4.69, 9.17) is 27.9 Å². The molecule has 0 N–H and O–H groups in total. The molecule has 1 aromatic heterocycles. The SMILES string of the molecule is CC1OC1(c1ccc(Cl)cc1Cl)n1ccnc1. The Labute approximate surface area is 109 Å². The fraction of sp³-hybridized carbons (Fsp3) is 0.250. The van der Waals surface area contributed by atoms with Crippen LogP contribution in [0.4, 0.5) is 0 Å². The normalized spacial score (nSPS) is 27.1. The largest absolute Gasteiger partial charge is 0.340 e. The molecule has 0 bridgehead atoms. The maximum Gasteiger partial charge on any atom is 0.200 e. The van der Waals surface area contributed by atoms with Gasteiger partial charge >= 0.3 is 0 Å². The Morgan fingerprint density at radius 2 is 2.18 bits per heavy atom. The van der Waals surface area contributed by atoms with Crippen LogP contribution in [0.3, 0.4) is 0 Å². The predicted molar refractivity (Wildman–Crippen MR) is 66.3 cm³/mol. The van der Waals surface area contributed by atoms with Crippen LogP contribution >= 0.6 is 23.2 Å². The van der Waals surface area contributed by atoms with E-state index < -0.39 is 5.72 Å². The third kappa shape index (κ3) is 1.58. The number of nitrogens with zero attached hydrogens (tertiary/aromatic N) is 2. The molecule has 3 rings (SSSR count). The molecule has 3 nitrogen and oxygen atoms in total. The number of halogens is 2. The van der Waals surface area contributed by atoms with E-state index in [2.05, 4.69) is 4.98 Å². The summed E-state index contributed by atoms with van der Waals surface area (Å²) in [6.45, 7) is 2.00. The van der Waals surface area contributed by atoms with Crippen LogP contribution in [0, 0.1) is 0 Å². The summed E-state index contributed by atoms with van der Waals surface area (Å²) in [4.78, 5) is 4.05. The van der Waals surface area contributed by atoms with Crippen molar-refractivity contribution in [1.29, 1.82) is 0 Å². The monoisotopic (exact) mass is 268 g/mol. The summed E-state index contributed by atoms with van der Waals surface area (Å²) in [5, 5.41) is 1.23. The van der Waals surface area contributed by atoms with Gasteiger partial charge in [-0.3, -0.25) is 0 Å². The van der Waals surface area contributed by atoms with Crippen molar-refractivity contribution in [2.75, 3.05) is 0 Å². The van der Waals surface area contributed by atoms with Gasteiger partial charge < -0.3 is 9.30 Å². The molecule has 0 saturated carbocycles. The summed E-state index contributed by atoms with van der Waals surface area (Å²) in [7, 11) is 0. The molecule has 88 valence electrons. The summed E-state index contributed by atoms with van der Waals surface area (Å²) in [6.07, 6.45) is 5.39. The lowest BCUT2D eigenvalue weighted by molar-refractivity contribution is 0.264. The average molecular weight is 269 g/mol. The maximum atomic E-state index is 6.24. The molecule has 17 heavy (non-hydrogen) atoms. The number of hydrogen-bond acceptors (Lipinski definition) is 2. The molecule has 1 aliphatic heterocycles. The second-order valence-corrected chi connectivity index (χ2v) is 4.89. The number of hydrogen-bond donors (Lipinski definition) is 0. The molecule has 1 aliphatic rings. The maximum absolute atomic E-state index is 6.24. The highest BCUT2D eigenvalue weighted by Gasteiger charge is 2.57. The minimum Gasteiger partial charge on any atom is -0.340 e.